The van der Waals surface area contributed by atoms with Gasteiger partial charge in [0.1, 0.15) is 11.4 Å². The van der Waals surface area contributed by atoms with Gasteiger partial charge >= 0.3 is 0 Å². The van der Waals surface area contributed by atoms with Gasteiger partial charge in [-0.25, -0.2) is 0 Å². The lowest BCUT2D eigenvalue weighted by molar-refractivity contribution is -0.147. The molecule has 0 aliphatic carbocycles. The van der Waals surface area contributed by atoms with Crippen molar-refractivity contribution in [2.75, 3.05) is 11.5 Å². The highest BCUT2D eigenvalue weighted by molar-refractivity contribution is 8.01. The van der Waals surface area contributed by atoms with Gasteiger partial charge in [-0.15, -0.1) is 18.3 Å². The highest BCUT2D eigenvalue weighted by atomic mass is 32.2. The lowest BCUT2D eigenvalue weighted by Gasteiger charge is -2.44. The van der Waals surface area contributed by atoms with Crippen LogP contribution in [0.4, 0.5) is 0 Å². The molecule has 0 aromatic rings. The molecular weight excluding hydrogens is 276 g/mol. The second-order valence-corrected chi connectivity index (χ2v) is 8.36. The summed E-state index contributed by atoms with van der Waals surface area (Å²) in [6.45, 7) is 14.2. The summed E-state index contributed by atoms with van der Waals surface area (Å²) >= 11 is 3.64. The summed E-state index contributed by atoms with van der Waals surface area (Å²) in [5, 5.41) is 3.56. The van der Waals surface area contributed by atoms with Crippen molar-refractivity contribution in [2.45, 2.75) is 43.0 Å². The van der Waals surface area contributed by atoms with Gasteiger partial charge in [0.25, 0.3) is 0 Å². The monoisotopic (exact) mass is 298 g/mol. The minimum atomic E-state index is -0.0916. The SMILES string of the molecule is C=CCSCC(=C)NC1C(=O)N2C1SC(C)(C)C2C. The van der Waals surface area contributed by atoms with Gasteiger partial charge in [0.2, 0.25) is 5.91 Å². The predicted molar refractivity (Wildman–Crippen MR) is 85.4 cm³/mol. The van der Waals surface area contributed by atoms with Crippen LogP contribution in [-0.4, -0.2) is 44.5 Å². The van der Waals surface area contributed by atoms with Crippen LogP contribution in [0.2, 0.25) is 0 Å². The van der Waals surface area contributed by atoms with Gasteiger partial charge in [-0.2, -0.15) is 11.8 Å². The van der Waals surface area contributed by atoms with E-state index in [0.717, 1.165) is 17.2 Å². The third-order valence-electron chi connectivity index (χ3n) is 3.80. The number of rotatable bonds is 6. The second kappa shape index (κ2) is 5.44. The highest BCUT2D eigenvalue weighted by Gasteiger charge is 2.59. The smallest absolute Gasteiger partial charge is 0.249 e. The quantitative estimate of drug-likeness (QED) is 0.464. The third-order valence-corrected chi connectivity index (χ3v) is 6.51. The largest absolute Gasteiger partial charge is 0.374 e. The summed E-state index contributed by atoms with van der Waals surface area (Å²) in [6, 6.07) is 0.211. The van der Waals surface area contributed by atoms with E-state index in [4.69, 9.17) is 0 Å². The Labute approximate surface area is 124 Å². The number of β-lactam (4-membered cyclic amide) rings is 1. The summed E-state index contributed by atoms with van der Waals surface area (Å²) < 4.78 is 0.135. The number of nitrogens with zero attached hydrogens (tertiary/aromatic N) is 1. The molecule has 0 bridgehead atoms. The van der Waals surface area contributed by atoms with Crippen molar-refractivity contribution < 1.29 is 4.79 Å². The maximum Gasteiger partial charge on any atom is 0.249 e. The van der Waals surface area contributed by atoms with Gasteiger partial charge in [0.15, 0.2) is 0 Å². The van der Waals surface area contributed by atoms with E-state index in [9.17, 15) is 4.79 Å². The van der Waals surface area contributed by atoms with E-state index in [1.54, 1.807) is 11.8 Å². The lowest BCUT2D eigenvalue weighted by Crippen LogP contribution is -2.68. The molecule has 19 heavy (non-hydrogen) atoms. The molecule has 2 fully saturated rings. The van der Waals surface area contributed by atoms with Crippen molar-refractivity contribution >= 4 is 29.4 Å². The van der Waals surface area contributed by atoms with Crippen molar-refractivity contribution in [3.8, 4) is 0 Å². The van der Waals surface area contributed by atoms with Crippen molar-refractivity contribution in [3.63, 3.8) is 0 Å². The van der Waals surface area contributed by atoms with Crippen LogP contribution in [0.15, 0.2) is 24.9 Å². The molecule has 0 spiro atoms. The zero-order valence-electron chi connectivity index (χ0n) is 11.8. The first-order valence-corrected chi connectivity index (χ1v) is 8.55. The van der Waals surface area contributed by atoms with Crippen LogP contribution in [0.5, 0.6) is 0 Å². The maximum absolute atomic E-state index is 12.2. The van der Waals surface area contributed by atoms with E-state index in [0.29, 0.717) is 6.04 Å². The Bertz CT molecular complexity index is 408. The zero-order valence-corrected chi connectivity index (χ0v) is 13.4. The maximum atomic E-state index is 12.2. The van der Waals surface area contributed by atoms with E-state index < -0.39 is 0 Å². The molecule has 2 heterocycles. The number of amides is 1. The minimum Gasteiger partial charge on any atom is -0.374 e. The van der Waals surface area contributed by atoms with Crippen molar-refractivity contribution in [2.24, 2.45) is 0 Å². The number of carbonyl (C=O) groups excluding carboxylic acids is 1. The Morgan fingerprint density at radius 2 is 2.32 bits per heavy atom. The molecule has 2 aliphatic heterocycles. The molecule has 106 valence electrons. The fraction of sp³-hybridized carbons (Fsp3) is 0.643. The number of hydrogen-bond acceptors (Lipinski definition) is 4. The van der Waals surface area contributed by atoms with Gasteiger partial charge in [0, 0.05) is 28.0 Å². The molecule has 0 aromatic heterocycles. The van der Waals surface area contributed by atoms with E-state index in [-0.39, 0.29) is 22.1 Å². The first kappa shape index (κ1) is 14.9. The molecular formula is C14H22N2OS2. The van der Waals surface area contributed by atoms with Crippen LogP contribution >= 0.6 is 23.5 Å². The van der Waals surface area contributed by atoms with E-state index in [1.807, 2.05) is 22.7 Å². The highest BCUT2D eigenvalue weighted by Crippen LogP contribution is 2.50. The van der Waals surface area contributed by atoms with E-state index in [1.165, 1.54) is 0 Å². The summed E-state index contributed by atoms with van der Waals surface area (Å²) in [5.41, 5.74) is 0.933. The van der Waals surface area contributed by atoms with Crippen LogP contribution in [0, 0.1) is 0 Å². The summed E-state index contributed by atoms with van der Waals surface area (Å²) in [7, 11) is 0. The third kappa shape index (κ3) is 2.68. The van der Waals surface area contributed by atoms with Crippen LogP contribution in [0.25, 0.3) is 0 Å². The predicted octanol–water partition coefficient (Wildman–Crippen LogP) is 2.46. The molecule has 3 nitrogen and oxygen atoms in total. The van der Waals surface area contributed by atoms with Gasteiger partial charge in [-0.1, -0.05) is 12.7 Å². The van der Waals surface area contributed by atoms with Gasteiger partial charge in [-0.3, -0.25) is 4.79 Å². The van der Waals surface area contributed by atoms with Gasteiger partial charge in [0.05, 0.1) is 0 Å². The number of thioether (sulfide) groups is 2. The summed E-state index contributed by atoms with van der Waals surface area (Å²) in [5.74, 6) is 1.95. The molecule has 2 rings (SSSR count). The fourth-order valence-corrected chi connectivity index (χ4v) is 4.69. The first-order valence-electron chi connectivity index (χ1n) is 6.51. The fourth-order valence-electron chi connectivity index (χ4n) is 2.43. The van der Waals surface area contributed by atoms with E-state index in [2.05, 4.69) is 39.2 Å². The Kier molecular flexibility index (Phi) is 4.26. The zero-order chi connectivity index (χ0) is 14.2. The molecule has 3 atom stereocenters. The Balaban J connectivity index is 1.89. The molecule has 0 saturated carbocycles. The van der Waals surface area contributed by atoms with Crippen LogP contribution in [0.3, 0.4) is 0 Å². The number of nitrogens with one attached hydrogen (secondary N) is 1. The number of carbonyl (C=O) groups is 1. The van der Waals surface area contributed by atoms with Crippen LogP contribution in [-0.2, 0) is 4.79 Å². The standard InChI is InChI=1S/C14H22N2OS2/c1-6-7-18-8-9(2)15-11-12(17)16-10(3)14(4,5)19-13(11)16/h6,10-11,13,15H,1-2,7-8H2,3-5H3. The molecule has 2 aliphatic rings. The molecule has 0 aromatic carbocycles. The molecule has 0 radical (unpaired) electrons. The normalized spacial score (nSPS) is 31.6. The molecule has 3 unspecified atom stereocenters. The average molecular weight is 298 g/mol. The average Bonchev–Trinajstić information content (AvgIpc) is 2.55. The summed E-state index contributed by atoms with van der Waals surface area (Å²) in [6.07, 6.45) is 1.88. The van der Waals surface area contributed by atoms with Crippen molar-refractivity contribution in [1.29, 1.82) is 0 Å². The molecule has 1 N–H and O–H groups in total. The number of fused-ring (bicyclic) bond motifs is 1. The Morgan fingerprint density at radius 1 is 1.63 bits per heavy atom. The van der Waals surface area contributed by atoms with Gasteiger partial charge in [-0.05, 0) is 20.8 Å². The van der Waals surface area contributed by atoms with Crippen molar-refractivity contribution in [3.05, 3.63) is 24.9 Å². The summed E-state index contributed by atoms with van der Waals surface area (Å²) in [4.78, 5) is 14.2. The Morgan fingerprint density at radius 3 is 2.95 bits per heavy atom. The molecule has 2 saturated heterocycles. The van der Waals surface area contributed by atoms with Gasteiger partial charge < -0.3 is 10.2 Å². The number of hydrogen-bond donors (Lipinski definition) is 1. The lowest BCUT2D eigenvalue weighted by atomic mass is 9.97. The van der Waals surface area contributed by atoms with Crippen LogP contribution < -0.4 is 5.32 Å². The Hall–Kier alpha value is -0.550. The van der Waals surface area contributed by atoms with Crippen LogP contribution in [0.1, 0.15) is 20.8 Å². The molecule has 5 heteroatoms. The first-order chi connectivity index (χ1) is 8.88. The second-order valence-electron chi connectivity index (χ2n) is 5.56. The topological polar surface area (TPSA) is 32.3 Å². The molecule has 1 amide bonds. The van der Waals surface area contributed by atoms with Crippen molar-refractivity contribution in [1.82, 2.24) is 10.2 Å². The van der Waals surface area contributed by atoms with E-state index >= 15 is 0 Å². The minimum absolute atomic E-state index is 0.0916.